The Labute approximate surface area is 125 Å². The van der Waals surface area contributed by atoms with E-state index in [2.05, 4.69) is 9.97 Å². The lowest BCUT2D eigenvalue weighted by molar-refractivity contribution is 0.103. The van der Waals surface area contributed by atoms with Crippen LogP contribution in [0, 0.1) is 5.82 Å². The predicted molar refractivity (Wildman–Crippen MR) is 79.2 cm³/mol. The van der Waals surface area contributed by atoms with Crippen molar-refractivity contribution in [3.05, 3.63) is 41.3 Å². The van der Waals surface area contributed by atoms with Crippen LogP contribution in [-0.2, 0) is 0 Å². The molecule has 0 saturated heterocycles. The van der Waals surface area contributed by atoms with Crippen molar-refractivity contribution < 1.29 is 13.9 Å². The molecule has 0 spiro atoms. The number of thioether (sulfide) groups is 1. The smallest absolute Gasteiger partial charge is 0.202 e. The van der Waals surface area contributed by atoms with E-state index >= 15 is 0 Å². The Hall–Kier alpha value is -2.15. The number of nitrogens with zero attached hydrogens (tertiary/aromatic N) is 2. The highest BCUT2D eigenvalue weighted by atomic mass is 32.2. The summed E-state index contributed by atoms with van der Waals surface area (Å²) in [5, 5.41) is 0.498. The molecule has 110 valence electrons. The summed E-state index contributed by atoms with van der Waals surface area (Å²) in [6.45, 7) is 1.96. The molecule has 0 saturated carbocycles. The standard InChI is InChI=1S/C14H14FN3O2S/c1-3-21-14-17-7-10(13(16)18-14)12(19)9-6-8(15)4-5-11(9)20-2/h4-7H,3H2,1-2H3,(H2,16,17,18). The zero-order chi connectivity index (χ0) is 15.4. The molecule has 7 heteroatoms. The van der Waals surface area contributed by atoms with E-state index in [9.17, 15) is 9.18 Å². The van der Waals surface area contributed by atoms with Gasteiger partial charge in [-0.1, -0.05) is 18.7 Å². The van der Waals surface area contributed by atoms with Gasteiger partial charge in [-0.2, -0.15) is 0 Å². The number of ketones is 1. The van der Waals surface area contributed by atoms with Crippen LogP contribution < -0.4 is 10.5 Å². The number of hydrogen-bond acceptors (Lipinski definition) is 6. The number of ether oxygens (including phenoxy) is 1. The van der Waals surface area contributed by atoms with E-state index in [-0.39, 0.29) is 22.7 Å². The van der Waals surface area contributed by atoms with E-state index < -0.39 is 11.6 Å². The first-order chi connectivity index (χ1) is 10.1. The molecule has 0 aliphatic rings. The van der Waals surface area contributed by atoms with E-state index in [0.717, 1.165) is 11.8 Å². The fraction of sp³-hybridized carbons (Fsp3) is 0.214. The number of rotatable bonds is 5. The second-order valence-corrected chi connectivity index (χ2v) is 5.29. The highest BCUT2D eigenvalue weighted by Gasteiger charge is 2.19. The van der Waals surface area contributed by atoms with Crippen molar-refractivity contribution >= 4 is 23.4 Å². The summed E-state index contributed by atoms with van der Waals surface area (Å²) in [7, 11) is 1.41. The maximum atomic E-state index is 13.4. The van der Waals surface area contributed by atoms with Gasteiger partial charge in [0.05, 0.1) is 18.2 Å². The van der Waals surface area contributed by atoms with Crippen LogP contribution in [0.3, 0.4) is 0 Å². The van der Waals surface area contributed by atoms with Gasteiger partial charge < -0.3 is 10.5 Å². The van der Waals surface area contributed by atoms with Gasteiger partial charge in [0.1, 0.15) is 17.4 Å². The van der Waals surface area contributed by atoms with Gasteiger partial charge in [-0.3, -0.25) is 4.79 Å². The van der Waals surface area contributed by atoms with Crippen LogP contribution in [0.5, 0.6) is 5.75 Å². The molecule has 1 heterocycles. The van der Waals surface area contributed by atoms with Gasteiger partial charge >= 0.3 is 0 Å². The fourth-order valence-electron chi connectivity index (χ4n) is 1.75. The van der Waals surface area contributed by atoms with Crippen molar-refractivity contribution in [1.82, 2.24) is 9.97 Å². The summed E-state index contributed by atoms with van der Waals surface area (Å²) in [6, 6.07) is 3.71. The minimum absolute atomic E-state index is 0.0669. The maximum Gasteiger partial charge on any atom is 0.202 e. The molecule has 0 bridgehead atoms. The normalized spacial score (nSPS) is 10.4. The lowest BCUT2D eigenvalue weighted by atomic mass is 10.0. The van der Waals surface area contributed by atoms with Crippen LogP contribution in [-0.4, -0.2) is 28.6 Å². The number of nitrogen functional groups attached to an aromatic ring is 1. The molecule has 1 aromatic heterocycles. The van der Waals surface area contributed by atoms with E-state index in [0.29, 0.717) is 5.16 Å². The highest BCUT2D eigenvalue weighted by Crippen LogP contribution is 2.25. The second-order valence-electron chi connectivity index (χ2n) is 4.06. The molecule has 5 nitrogen and oxygen atoms in total. The molecule has 2 rings (SSSR count). The monoisotopic (exact) mass is 307 g/mol. The number of carbonyl (C=O) groups excluding carboxylic acids is 1. The Morgan fingerprint density at radius 1 is 1.43 bits per heavy atom. The second kappa shape index (κ2) is 6.53. The molecule has 21 heavy (non-hydrogen) atoms. The molecule has 0 aliphatic carbocycles. The number of carbonyl (C=O) groups is 1. The third kappa shape index (κ3) is 3.30. The minimum atomic E-state index is -0.531. The van der Waals surface area contributed by atoms with Crippen LogP contribution >= 0.6 is 11.8 Å². The Morgan fingerprint density at radius 2 is 2.19 bits per heavy atom. The fourth-order valence-corrected chi connectivity index (χ4v) is 2.30. The Morgan fingerprint density at radius 3 is 2.81 bits per heavy atom. The third-order valence-corrected chi connectivity index (χ3v) is 3.46. The average Bonchev–Trinajstić information content (AvgIpc) is 2.47. The summed E-state index contributed by atoms with van der Waals surface area (Å²) in [5.41, 5.74) is 6.01. The lowest BCUT2D eigenvalue weighted by Crippen LogP contribution is -2.10. The van der Waals surface area contributed by atoms with Crippen molar-refractivity contribution in [1.29, 1.82) is 0 Å². The van der Waals surface area contributed by atoms with Gasteiger partial charge in [-0.05, 0) is 24.0 Å². The molecule has 0 fully saturated rings. The van der Waals surface area contributed by atoms with Gasteiger partial charge in [0.2, 0.25) is 5.78 Å². The Balaban J connectivity index is 2.43. The van der Waals surface area contributed by atoms with Crippen molar-refractivity contribution in [2.75, 3.05) is 18.6 Å². The van der Waals surface area contributed by atoms with Crippen molar-refractivity contribution in [2.24, 2.45) is 0 Å². The average molecular weight is 307 g/mol. The number of anilines is 1. The zero-order valence-corrected chi connectivity index (χ0v) is 12.4. The number of benzene rings is 1. The zero-order valence-electron chi connectivity index (χ0n) is 11.6. The van der Waals surface area contributed by atoms with E-state index in [4.69, 9.17) is 10.5 Å². The van der Waals surface area contributed by atoms with Gasteiger partial charge in [0.15, 0.2) is 5.16 Å². The molecular weight excluding hydrogens is 293 g/mol. The van der Waals surface area contributed by atoms with Gasteiger partial charge in [-0.25, -0.2) is 14.4 Å². The Kier molecular flexibility index (Phi) is 4.74. The van der Waals surface area contributed by atoms with E-state index in [1.165, 1.54) is 37.2 Å². The summed E-state index contributed by atoms with van der Waals surface area (Å²) in [4.78, 5) is 20.6. The SMILES string of the molecule is CCSc1ncc(C(=O)c2cc(F)ccc2OC)c(N)n1. The molecule has 0 amide bonds. The van der Waals surface area contributed by atoms with Gasteiger partial charge in [0, 0.05) is 6.20 Å². The van der Waals surface area contributed by atoms with Crippen LogP contribution in [0.2, 0.25) is 0 Å². The molecule has 0 unspecified atom stereocenters. The quantitative estimate of drug-likeness (QED) is 0.519. The number of aromatic nitrogens is 2. The number of halogens is 1. The van der Waals surface area contributed by atoms with Gasteiger partial charge in [0.25, 0.3) is 0 Å². The lowest BCUT2D eigenvalue weighted by Gasteiger charge is -2.09. The van der Waals surface area contributed by atoms with Crippen molar-refractivity contribution in [2.45, 2.75) is 12.1 Å². The molecule has 0 radical (unpaired) electrons. The molecule has 1 aromatic carbocycles. The van der Waals surface area contributed by atoms with E-state index in [1.807, 2.05) is 6.92 Å². The summed E-state index contributed by atoms with van der Waals surface area (Å²) in [6.07, 6.45) is 1.35. The molecule has 0 atom stereocenters. The summed E-state index contributed by atoms with van der Waals surface area (Å²) < 4.78 is 18.4. The molecule has 0 aliphatic heterocycles. The highest BCUT2D eigenvalue weighted by molar-refractivity contribution is 7.99. The summed E-state index contributed by atoms with van der Waals surface area (Å²) in [5.74, 6) is 0.128. The molecular formula is C14H14FN3O2S. The maximum absolute atomic E-state index is 13.4. The molecule has 2 aromatic rings. The van der Waals surface area contributed by atoms with Crippen LogP contribution in [0.4, 0.5) is 10.2 Å². The largest absolute Gasteiger partial charge is 0.496 e. The third-order valence-electron chi connectivity index (χ3n) is 2.72. The number of hydrogen-bond donors (Lipinski definition) is 1. The summed E-state index contributed by atoms with van der Waals surface area (Å²) >= 11 is 1.42. The van der Waals surface area contributed by atoms with Crippen molar-refractivity contribution in [3.63, 3.8) is 0 Å². The van der Waals surface area contributed by atoms with Crippen LogP contribution in [0.15, 0.2) is 29.6 Å². The number of methoxy groups -OCH3 is 1. The topological polar surface area (TPSA) is 78.1 Å². The Bertz CT molecular complexity index is 679. The van der Waals surface area contributed by atoms with Crippen LogP contribution in [0.25, 0.3) is 0 Å². The number of nitrogens with two attached hydrogens (primary N) is 1. The van der Waals surface area contributed by atoms with Crippen molar-refractivity contribution in [3.8, 4) is 5.75 Å². The van der Waals surface area contributed by atoms with Gasteiger partial charge in [-0.15, -0.1) is 0 Å². The predicted octanol–water partition coefficient (Wildman–Crippen LogP) is 2.55. The first-order valence-corrected chi connectivity index (χ1v) is 7.19. The first kappa shape index (κ1) is 15.2. The van der Waals surface area contributed by atoms with E-state index in [1.54, 1.807) is 0 Å². The first-order valence-electron chi connectivity index (χ1n) is 6.20. The molecule has 2 N–H and O–H groups in total. The van der Waals surface area contributed by atoms with Crippen LogP contribution in [0.1, 0.15) is 22.8 Å². The minimum Gasteiger partial charge on any atom is -0.496 e.